The van der Waals surface area contributed by atoms with E-state index in [4.69, 9.17) is 16.3 Å². The minimum Gasteiger partial charge on any atom is -0.444 e. The van der Waals surface area contributed by atoms with Gasteiger partial charge in [-0.2, -0.15) is 0 Å². The molecule has 23 heavy (non-hydrogen) atoms. The zero-order valence-electron chi connectivity index (χ0n) is 13.8. The fourth-order valence-electron chi connectivity index (χ4n) is 2.46. The zero-order valence-corrected chi connectivity index (χ0v) is 14.5. The number of hydrogen-bond donors (Lipinski definition) is 1. The van der Waals surface area contributed by atoms with Crippen LogP contribution in [0.3, 0.4) is 0 Å². The summed E-state index contributed by atoms with van der Waals surface area (Å²) in [7, 11) is 0. The van der Waals surface area contributed by atoms with E-state index in [9.17, 15) is 9.59 Å². The number of nitrogens with one attached hydrogen (secondary N) is 1. The maximum atomic E-state index is 12.2. The number of nitrogens with zero attached hydrogens (tertiary/aromatic N) is 1. The predicted molar refractivity (Wildman–Crippen MR) is 89.7 cm³/mol. The Morgan fingerprint density at radius 2 is 1.91 bits per heavy atom. The number of piperidine rings is 1. The maximum Gasteiger partial charge on any atom is 0.410 e. The summed E-state index contributed by atoms with van der Waals surface area (Å²) >= 11 is 5.83. The molecule has 1 heterocycles. The number of carbonyl (C=O) groups excluding carboxylic acids is 2. The van der Waals surface area contributed by atoms with E-state index in [2.05, 4.69) is 5.32 Å². The minimum absolute atomic E-state index is 0.0700. The monoisotopic (exact) mass is 338 g/mol. The molecule has 0 aliphatic carbocycles. The Morgan fingerprint density at radius 1 is 1.26 bits per heavy atom. The van der Waals surface area contributed by atoms with Crippen LogP contribution < -0.4 is 5.32 Å². The smallest absolute Gasteiger partial charge is 0.410 e. The summed E-state index contributed by atoms with van der Waals surface area (Å²) in [5.41, 5.74) is 0.0418. The summed E-state index contributed by atoms with van der Waals surface area (Å²) in [6.07, 6.45) is 1.35. The fourth-order valence-corrected chi connectivity index (χ4v) is 2.58. The number of hydrogen-bond acceptors (Lipinski definition) is 3. The third kappa shape index (κ3) is 5.43. The van der Waals surface area contributed by atoms with E-state index in [0.29, 0.717) is 23.7 Å². The van der Waals surface area contributed by atoms with Crippen LogP contribution in [-0.4, -0.2) is 41.6 Å². The molecular formula is C17H23ClN2O3. The highest BCUT2D eigenvalue weighted by atomic mass is 35.5. The Balaban J connectivity index is 1.92. The molecule has 1 aliphatic heterocycles. The third-order valence-electron chi connectivity index (χ3n) is 3.51. The first kappa shape index (κ1) is 17.6. The van der Waals surface area contributed by atoms with Crippen LogP contribution in [0.4, 0.5) is 4.79 Å². The van der Waals surface area contributed by atoms with E-state index in [-0.39, 0.29) is 18.0 Å². The van der Waals surface area contributed by atoms with Crippen LogP contribution >= 0.6 is 11.6 Å². The van der Waals surface area contributed by atoms with Crippen molar-refractivity contribution in [1.82, 2.24) is 10.2 Å². The van der Waals surface area contributed by atoms with Gasteiger partial charge in [0.1, 0.15) is 5.60 Å². The number of carbonyl (C=O) groups is 2. The fraction of sp³-hybridized carbons (Fsp3) is 0.529. The number of halogens is 1. The van der Waals surface area contributed by atoms with Gasteiger partial charge in [0.05, 0.1) is 0 Å². The Morgan fingerprint density at radius 3 is 2.52 bits per heavy atom. The highest BCUT2D eigenvalue weighted by Gasteiger charge is 2.28. The first-order valence-electron chi connectivity index (χ1n) is 7.79. The maximum absolute atomic E-state index is 12.2. The number of benzene rings is 1. The summed E-state index contributed by atoms with van der Waals surface area (Å²) in [5, 5.41) is 3.56. The van der Waals surface area contributed by atoms with Crippen molar-refractivity contribution in [3.8, 4) is 0 Å². The molecule has 5 nitrogen and oxygen atoms in total. The second-order valence-corrected chi connectivity index (χ2v) is 7.18. The molecule has 0 aromatic heterocycles. The van der Waals surface area contributed by atoms with Gasteiger partial charge >= 0.3 is 6.09 Å². The van der Waals surface area contributed by atoms with Crippen molar-refractivity contribution in [3.05, 3.63) is 34.9 Å². The van der Waals surface area contributed by atoms with Gasteiger partial charge in [-0.05, 0) is 57.9 Å². The van der Waals surface area contributed by atoms with E-state index >= 15 is 0 Å². The van der Waals surface area contributed by atoms with Gasteiger partial charge in [0.2, 0.25) is 0 Å². The van der Waals surface area contributed by atoms with Crippen LogP contribution in [0.5, 0.6) is 0 Å². The van der Waals surface area contributed by atoms with Crippen molar-refractivity contribution < 1.29 is 14.3 Å². The molecule has 1 saturated heterocycles. The second kappa shape index (κ2) is 7.21. The van der Waals surface area contributed by atoms with Gasteiger partial charge in [-0.1, -0.05) is 11.6 Å². The average Bonchev–Trinajstić information content (AvgIpc) is 2.46. The van der Waals surface area contributed by atoms with Gasteiger partial charge < -0.3 is 15.0 Å². The number of rotatable bonds is 2. The molecule has 0 bridgehead atoms. The van der Waals surface area contributed by atoms with Crippen molar-refractivity contribution in [1.29, 1.82) is 0 Å². The van der Waals surface area contributed by atoms with Gasteiger partial charge in [0, 0.05) is 29.7 Å². The lowest BCUT2D eigenvalue weighted by Gasteiger charge is -2.34. The molecule has 126 valence electrons. The molecule has 1 unspecified atom stereocenters. The molecular weight excluding hydrogens is 316 g/mol. The van der Waals surface area contributed by atoms with E-state index in [1.807, 2.05) is 20.8 Å². The van der Waals surface area contributed by atoms with Crippen LogP contribution in [0.2, 0.25) is 5.02 Å². The third-order valence-corrected chi connectivity index (χ3v) is 3.77. The molecule has 0 spiro atoms. The van der Waals surface area contributed by atoms with Gasteiger partial charge in [0.25, 0.3) is 5.91 Å². The lowest BCUT2D eigenvalue weighted by atomic mass is 10.1. The van der Waals surface area contributed by atoms with E-state index in [1.165, 1.54) is 0 Å². The van der Waals surface area contributed by atoms with E-state index in [1.54, 1.807) is 29.2 Å². The Kier molecular flexibility index (Phi) is 5.52. The summed E-state index contributed by atoms with van der Waals surface area (Å²) < 4.78 is 5.39. The summed E-state index contributed by atoms with van der Waals surface area (Å²) in [5.74, 6) is -0.155. The molecule has 1 aliphatic rings. The lowest BCUT2D eigenvalue weighted by molar-refractivity contribution is 0.0185. The molecule has 2 rings (SSSR count). The first-order chi connectivity index (χ1) is 10.7. The average molecular weight is 339 g/mol. The van der Waals surface area contributed by atoms with Crippen LogP contribution in [0, 0.1) is 0 Å². The summed E-state index contributed by atoms with van der Waals surface area (Å²) in [4.78, 5) is 26.0. The molecule has 0 saturated carbocycles. The summed E-state index contributed by atoms with van der Waals surface area (Å²) in [6, 6.07) is 6.67. The Hall–Kier alpha value is -1.75. The highest BCUT2D eigenvalue weighted by molar-refractivity contribution is 6.30. The van der Waals surface area contributed by atoms with Gasteiger partial charge in [0.15, 0.2) is 0 Å². The molecule has 1 aromatic rings. The van der Waals surface area contributed by atoms with Gasteiger partial charge in [-0.3, -0.25) is 4.79 Å². The van der Waals surface area contributed by atoms with Crippen molar-refractivity contribution in [2.75, 3.05) is 13.1 Å². The standard InChI is InChI=1S/C17H23ClN2O3/c1-17(2,3)23-16(22)20-10-4-5-14(11-20)19-15(21)12-6-8-13(18)9-7-12/h6-9,14H,4-5,10-11H2,1-3H3,(H,19,21). The number of amides is 2. The quantitative estimate of drug-likeness (QED) is 0.898. The first-order valence-corrected chi connectivity index (χ1v) is 8.17. The van der Waals surface area contributed by atoms with Crippen LogP contribution in [0.1, 0.15) is 44.0 Å². The molecule has 6 heteroatoms. The van der Waals surface area contributed by atoms with Crippen molar-refractivity contribution >= 4 is 23.6 Å². The number of likely N-dealkylation sites (tertiary alicyclic amines) is 1. The molecule has 1 N–H and O–H groups in total. The van der Waals surface area contributed by atoms with Crippen molar-refractivity contribution in [3.63, 3.8) is 0 Å². The molecule has 2 amide bonds. The Labute approximate surface area is 141 Å². The predicted octanol–water partition coefficient (Wildman–Crippen LogP) is 3.47. The summed E-state index contributed by atoms with van der Waals surface area (Å²) in [6.45, 7) is 6.65. The largest absolute Gasteiger partial charge is 0.444 e. The van der Waals surface area contributed by atoms with E-state index < -0.39 is 5.60 Å². The lowest BCUT2D eigenvalue weighted by Crippen LogP contribution is -2.50. The molecule has 0 radical (unpaired) electrons. The Bertz CT molecular complexity index is 566. The van der Waals surface area contributed by atoms with Crippen LogP contribution in [-0.2, 0) is 4.74 Å². The second-order valence-electron chi connectivity index (χ2n) is 6.75. The van der Waals surface area contributed by atoms with Crippen molar-refractivity contribution in [2.24, 2.45) is 0 Å². The number of ether oxygens (including phenoxy) is 1. The van der Waals surface area contributed by atoms with Gasteiger partial charge in [-0.25, -0.2) is 4.79 Å². The van der Waals surface area contributed by atoms with Crippen LogP contribution in [0.15, 0.2) is 24.3 Å². The SMILES string of the molecule is CC(C)(C)OC(=O)N1CCCC(NC(=O)c2ccc(Cl)cc2)C1. The molecule has 1 atom stereocenters. The zero-order chi connectivity index (χ0) is 17.0. The van der Waals surface area contributed by atoms with Gasteiger partial charge in [-0.15, -0.1) is 0 Å². The van der Waals surface area contributed by atoms with Crippen molar-refractivity contribution in [2.45, 2.75) is 45.3 Å². The van der Waals surface area contributed by atoms with E-state index in [0.717, 1.165) is 12.8 Å². The normalized spacial score (nSPS) is 18.4. The minimum atomic E-state index is -0.517. The van der Waals surface area contributed by atoms with Crippen LogP contribution in [0.25, 0.3) is 0 Å². The molecule has 1 aromatic carbocycles. The molecule has 1 fully saturated rings. The topological polar surface area (TPSA) is 58.6 Å². The highest BCUT2D eigenvalue weighted by Crippen LogP contribution is 2.16.